The normalized spacial score (nSPS) is 18.5. The number of nitriles is 1. The van der Waals surface area contributed by atoms with Gasteiger partial charge in [0.1, 0.15) is 5.75 Å². The minimum absolute atomic E-state index is 0.325. The van der Waals surface area contributed by atoms with Gasteiger partial charge in [0.25, 0.3) is 0 Å². The number of ether oxygens (including phenoxy) is 1. The number of ketones is 2. The minimum atomic E-state index is -0.595. The van der Waals surface area contributed by atoms with Crippen LogP contribution in [0.3, 0.4) is 0 Å². The van der Waals surface area contributed by atoms with Gasteiger partial charge in [-0.1, -0.05) is 36.4 Å². The van der Waals surface area contributed by atoms with E-state index < -0.39 is 17.5 Å². The summed E-state index contributed by atoms with van der Waals surface area (Å²) in [5, 5.41) is 12.9. The summed E-state index contributed by atoms with van der Waals surface area (Å²) in [5.74, 6) is -1.03. The van der Waals surface area contributed by atoms with E-state index in [1.807, 2.05) is 31.2 Å². The molecule has 1 heterocycles. The molecule has 0 fully saturated rings. The summed E-state index contributed by atoms with van der Waals surface area (Å²) in [6, 6.07) is 16.5. The fraction of sp³-hybridized carbons (Fsp3) is 0.136. The second kappa shape index (κ2) is 6.26. The Morgan fingerprint density at radius 1 is 1.00 bits per heavy atom. The Labute approximate surface area is 156 Å². The molecule has 0 radical (unpaired) electrons. The van der Waals surface area contributed by atoms with Crippen LogP contribution in [0.15, 0.2) is 65.4 Å². The number of Topliss-reactive ketones (excluding diaryl/α,β-unsaturated/α-hetero) is 2. The lowest BCUT2D eigenvalue weighted by atomic mass is 9.73. The van der Waals surface area contributed by atoms with Crippen LogP contribution in [-0.2, 0) is 4.79 Å². The van der Waals surface area contributed by atoms with Gasteiger partial charge in [0.15, 0.2) is 0 Å². The van der Waals surface area contributed by atoms with Crippen LogP contribution in [0.1, 0.15) is 34.3 Å². The van der Waals surface area contributed by atoms with Gasteiger partial charge in [0.2, 0.25) is 11.6 Å². The molecule has 1 aliphatic carbocycles. The molecule has 0 spiro atoms. The Balaban J connectivity index is 1.98. The molecule has 1 aliphatic heterocycles. The maximum Gasteiger partial charge on any atom is 0.233 e. The number of fused-ring (bicyclic) bond motifs is 2. The molecule has 1 atom stereocenters. The Kier molecular flexibility index (Phi) is 3.89. The summed E-state index contributed by atoms with van der Waals surface area (Å²) < 4.78 is 5.20. The summed E-state index contributed by atoms with van der Waals surface area (Å²) in [6.07, 6.45) is 0. The van der Waals surface area contributed by atoms with Gasteiger partial charge in [-0.3, -0.25) is 9.59 Å². The van der Waals surface area contributed by atoms with Crippen LogP contribution in [0.25, 0.3) is 5.70 Å². The smallest absolute Gasteiger partial charge is 0.233 e. The molecule has 5 heteroatoms. The molecule has 1 N–H and O–H groups in total. The number of carbonyl (C=O) groups is 2. The van der Waals surface area contributed by atoms with Crippen molar-refractivity contribution in [1.29, 1.82) is 5.26 Å². The lowest BCUT2D eigenvalue weighted by Gasteiger charge is -2.33. The van der Waals surface area contributed by atoms with E-state index in [1.54, 1.807) is 31.4 Å². The molecular weight excluding hydrogens is 340 g/mol. The van der Waals surface area contributed by atoms with E-state index >= 15 is 0 Å². The summed E-state index contributed by atoms with van der Waals surface area (Å²) >= 11 is 0. The fourth-order valence-corrected chi connectivity index (χ4v) is 3.71. The van der Waals surface area contributed by atoms with Crippen LogP contribution in [0.2, 0.25) is 0 Å². The molecule has 132 valence electrons. The maximum absolute atomic E-state index is 13.0. The molecule has 2 aliphatic rings. The SMILES string of the molecule is COc1ccc(C2C(C#N)=C(C)NC3=C2C(=O)C(=O)c2ccccc23)cc1. The van der Waals surface area contributed by atoms with Crippen molar-refractivity contribution in [3.8, 4) is 11.8 Å². The summed E-state index contributed by atoms with van der Waals surface area (Å²) in [5.41, 5.74) is 3.87. The quantitative estimate of drug-likeness (QED) is 0.835. The van der Waals surface area contributed by atoms with Crippen molar-refractivity contribution in [2.75, 3.05) is 7.11 Å². The van der Waals surface area contributed by atoms with E-state index in [1.165, 1.54) is 0 Å². The number of methoxy groups -OCH3 is 1. The molecule has 27 heavy (non-hydrogen) atoms. The minimum Gasteiger partial charge on any atom is -0.497 e. The molecule has 4 rings (SSSR count). The van der Waals surface area contributed by atoms with Crippen molar-refractivity contribution < 1.29 is 14.3 Å². The standard InChI is InChI=1S/C22H16N2O3/c1-12-17(11-23)18(13-7-9-14(27-2)10-8-13)19-20(24-12)15-5-3-4-6-16(15)21(25)22(19)26/h3-10,18,24H,1-2H3. The number of carbonyl (C=O) groups excluding carboxylic acids is 2. The Morgan fingerprint density at radius 2 is 1.67 bits per heavy atom. The zero-order valence-electron chi connectivity index (χ0n) is 14.9. The van der Waals surface area contributed by atoms with E-state index in [0.717, 1.165) is 5.56 Å². The zero-order valence-corrected chi connectivity index (χ0v) is 14.9. The van der Waals surface area contributed by atoms with Crippen LogP contribution in [0.5, 0.6) is 5.75 Å². The first-order valence-electron chi connectivity index (χ1n) is 8.51. The first-order chi connectivity index (χ1) is 13.1. The third kappa shape index (κ3) is 2.46. The third-order valence-electron chi connectivity index (χ3n) is 5.02. The highest BCUT2D eigenvalue weighted by molar-refractivity contribution is 6.52. The number of hydrogen-bond acceptors (Lipinski definition) is 5. The van der Waals surface area contributed by atoms with Crippen LogP contribution in [0.4, 0.5) is 0 Å². The second-order valence-corrected chi connectivity index (χ2v) is 6.47. The van der Waals surface area contributed by atoms with Gasteiger partial charge in [-0.15, -0.1) is 0 Å². The molecule has 0 bridgehead atoms. The number of hydrogen-bond donors (Lipinski definition) is 1. The van der Waals surface area contributed by atoms with E-state index in [9.17, 15) is 14.9 Å². The van der Waals surface area contributed by atoms with Crippen molar-refractivity contribution in [1.82, 2.24) is 5.32 Å². The molecule has 2 aromatic rings. The highest BCUT2D eigenvalue weighted by Crippen LogP contribution is 2.44. The lowest BCUT2D eigenvalue weighted by molar-refractivity contribution is -0.112. The number of benzene rings is 2. The van der Waals surface area contributed by atoms with Gasteiger partial charge in [0.05, 0.1) is 30.4 Å². The van der Waals surface area contributed by atoms with Gasteiger partial charge in [-0.05, 0) is 24.6 Å². The lowest BCUT2D eigenvalue weighted by Crippen LogP contribution is -2.35. The molecule has 0 saturated carbocycles. The monoisotopic (exact) mass is 356 g/mol. The van der Waals surface area contributed by atoms with Gasteiger partial charge in [-0.2, -0.15) is 5.26 Å². The molecular formula is C22H16N2O3. The van der Waals surface area contributed by atoms with Crippen LogP contribution in [-0.4, -0.2) is 18.7 Å². The second-order valence-electron chi connectivity index (χ2n) is 6.47. The third-order valence-corrected chi connectivity index (χ3v) is 5.02. The Bertz CT molecular complexity index is 1090. The predicted molar refractivity (Wildman–Crippen MR) is 99.9 cm³/mol. The molecule has 5 nitrogen and oxygen atoms in total. The zero-order chi connectivity index (χ0) is 19.1. The van der Waals surface area contributed by atoms with Crippen molar-refractivity contribution in [3.63, 3.8) is 0 Å². The van der Waals surface area contributed by atoms with Crippen molar-refractivity contribution in [3.05, 3.63) is 82.1 Å². The van der Waals surface area contributed by atoms with E-state index in [0.29, 0.717) is 39.4 Å². The van der Waals surface area contributed by atoms with Crippen LogP contribution in [0, 0.1) is 11.3 Å². The Hall–Kier alpha value is -3.65. The van der Waals surface area contributed by atoms with Gasteiger partial charge in [-0.25, -0.2) is 0 Å². The number of dihydropyridines is 1. The van der Waals surface area contributed by atoms with E-state index in [4.69, 9.17) is 4.74 Å². The first-order valence-corrected chi connectivity index (χ1v) is 8.51. The number of rotatable bonds is 2. The van der Waals surface area contributed by atoms with Crippen molar-refractivity contribution in [2.45, 2.75) is 12.8 Å². The van der Waals surface area contributed by atoms with Crippen molar-refractivity contribution >= 4 is 17.3 Å². The Morgan fingerprint density at radius 3 is 2.30 bits per heavy atom. The fourth-order valence-electron chi connectivity index (χ4n) is 3.71. The maximum atomic E-state index is 13.0. The molecule has 0 saturated heterocycles. The van der Waals surface area contributed by atoms with Crippen LogP contribution < -0.4 is 10.1 Å². The largest absolute Gasteiger partial charge is 0.497 e. The van der Waals surface area contributed by atoms with E-state index in [2.05, 4.69) is 11.4 Å². The van der Waals surface area contributed by atoms with E-state index in [-0.39, 0.29) is 0 Å². The molecule has 2 aromatic carbocycles. The molecule has 0 aromatic heterocycles. The number of nitrogens with zero attached hydrogens (tertiary/aromatic N) is 1. The van der Waals surface area contributed by atoms with Gasteiger partial charge < -0.3 is 10.1 Å². The average molecular weight is 356 g/mol. The number of allylic oxidation sites excluding steroid dienone is 3. The van der Waals surface area contributed by atoms with Gasteiger partial charge in [0, 0.05) is 22.4 Å². The van der Waals surface area contributed by atoms with Crippen LogP contribution >= 0.6 is 0 Å². The highest BCUT2D eigenvalue weighted by atomic mass is 16.5. The summed E-state index contributed by atoms with van der Waals surface area (Å²) in [7, 11) is 1.57. The molecule has 1 unspecified atom stereocenters. The predicted octanol–water partition coefficient (Wildman–Crippen LogP) is 3.36. The van der Waals surface area contributed by atoms with Gasteiger partial charge >= 0.3 is 0 Å². The summed E-state index contributed by atoms with van der Waals surface area (Å²) in [4.78, 5) is 25.7. The topological polar surface area (TPSA) is 79.2 Å². The number of nitrogens with one attached hydrogen (secondary N) is 1. The van der Waals surface area contributed by atoms with Crippen molar-refractivity contribution in [2.24, 2.45) is 0 Å². The first kappa shape index (κ1) is 16.8. The average Bonchev–Trinajstić information content (AvgIpc) is 2.71. The highest BCUT2D eigenvalue weighted by Gasteiger charge is 2.41. The molecule has 0 amide bonds. The summed E-state index contributed by atoms with van der Waals surface area (Å²) in [6.45, 7) is 1.81.